The summed E-state index contributed by atoms with van der Waals surface area (Å²) in [5.74, 6) is 0.847. The van der Waals surface area contributed by atoms with Crippen LogP contribution in [0, 0.1) is 6.92 Å². The number of ether oxygens (including phenoxy) is 1. The van der Waals surface area contributed by atoms with Crippen LogP contribution in [-0.4, -0.2) is 55.0 Å². The molecule has 0 bridgehead atoms. The zero-order chi connectivity index (χ0) is 22.7. The number of fused-ring (bicyclic) bond motifs is 1. The number of likely N-dealkylation sites (N-methyl/N-ethyl adjacent to an activating group) is 1. The van der Waals surface area contributed by atoms with Gasteiger partial charge in [0.15, 0.2) is 0 Å². The van der Waals surface area contributed by atoms with Crippen LogP contribution in [0.25, 0.3) is 27.7 Å². The van der Waals surface area contributed by atoms with Crippen LogP contribution in [-0.2, 0) is 4.79 Å². The first kappa shape index (κ1) is 22.2. The average Bonchev–Trinajstić information content (AvgIpc) is 3.25. The van der Waals surface area contributed by atoms with E-state index in [-0.39, 0.29) is 5.91 Å². The lowest BCUT2D eigenvalue weighted by molar-refractivity contribution is -0.127. The first-order valence-corrected chi connectivity index (χ1v) is 11.5. The molecule has 0 atom stereocenters. The summed E-state index contributed by atoms with van der Waals surface area (Å²) >= 11 is 0. The van der Waals surface area contributed by atoms with Gasteiger partial charge < -0.3 is 19.0 Å². The van der Waals surface area contributed by atoms with Crippen molar-refractivity contribution >= 4 is 22.4 Å². The predicted octanol–water partition coefficient (Wildman–Crippen LogP) is 5.37. The highest BCUT2D eigenvalue weighted by atomic mass is 16.5. The van der Waals surface area contributed by atoms with Gasteiger partial charge in [-0.05, 0) is 44.5 Å². The molecule has 4 rings (SSSR count). The van der Waals surface area contributed by atoms with Crippen LogP contribution >= 0.6 is 0 Å². The summed E-state index contributed by atoms with van der Waals surface area (Å²) in [5, 5.41) is 1.03. The molecule has 3 aromatic rings. The van der Waals surface area contributed by atoms with Crippen molar-refractivity contribution in [3.8, 4) is 16.9 Å². The Morgan fingerprint density at radius 2 is 1.84 bits per heavy atom. The van der Waals surface area contributed by atoms with Crippen molar-refractivity contribution in [2.45, 2.75) is 27.7 Å². The zero-order valence-corrected chi connectivity index (χ0v) is 19.5. The lowest BCUT2D eigenvalue weighted by Crippen LogP contribution is -2.48. The van der Waals surface area contributed by atoms with Crippen molar-refractivity contribution in [2.75, 3.05) is 39.3 Å². The SMILES string of the molecule is CCOc1c(/C(C)=C/C(=O)N2CCN(CC)CC2)cc2c(-c3ccccc3)coc2c1C. The van der Waals surface area contributed by atoms with Crippen molar-refractivity contribution < 1.29 is 13.9 Å². The Hall–Kier alpha value is -3.05. The molecule has 0 saturated carbocycles. The highest BCUT2D eigenvalue weighted by Gasteiger charge is 2.22. The summed E-state index contributed by atoms with van der Waals surface area (Å²) in [4.78, 5) is 17.3. The van der Waals surface area contributed by atoms with E-state index in [0.29, 0.717) is 6.61 Å². The highest BCUT2D eigenvalue weighted by Crippen LogP contribution is 2.40. The summed E-state index contributed by atoms with van der Waals surface area (Å²) in [6, 6.07) is 12.3. The van der Waals surface area contributed by atoms with E-state index < -0.39 is 0 Å². The first-order chi connectivity index (χ1) is 15.5. The first-order valence-electron chi connectivity index (χ1n) is 11.5. The summed E-state index contributed by atoms with van der Waals surface area (Å²) in [6.07, 6.45) is 3.57. The van der Waals surface area contributed by atoms with Crippen molar-refractivity contribution in [1.29, 1.82) is 0 Å². The van der Waals surface area contributed by atoms with Crippen LogP contribution in [0.2, 0.25) is 0 Å². The molecule has 5 nitrogen and oxygen atoms in total. The van der Waals surface area contributed by atoms with E-state index in [2.05, 4.69) is 30.0 Å². The van der Waals surface area contributed by atoms with Gasteiger partial charge in [-0.2, -0.15) is 0 Å². The van der Waals surface area contributed by atoms with Gasteiger partial charge in [0, 0.05) is 54.3 Å². The summed E-state index contributed by atoms with van der Waals surface area (Å²) in [5.41, 5.74) is 5.77. The number of hydrogen-bond donors (Lipinski definition) is 0. The maximum Gasteiger partial charge on any atom is 0.246 e. The van der Waals surface area contributed by atoms with E-state index in [1.54, 1.807) is 6.08 Å². The minimum Gasteiger partial charge on any atom is -0.493 e. The fourth-order valence-corrected chi connectivity index (χ4v) is 4.42. The number of furan rings is 1. The number of carbonyl (C=O) groups excluding carboxylic acids is 1. The van der Waals surface area contributed by atoms with Crippen molar-refractivity contribution in [3.05, 3.63) is 59.9 Å². The van der Waals surface area contributed by atoms with Crippen LogP contribution in [0.5, 0.6) is 5.75 Å². The van der Waals surface area contributed by atoms with E-state index in [9.17, 15) is 4.79 Å². The Kier molecular flexibility index (Phi) is 6.66. The molecule has 168 valence electrons. The molecule has 2 aromatic carbocycles. The number of rotatable bonds is 6. The van der Waals surface area contributed by atoms with Gasteiger partial charge in [0.2, 0.25) is 5.91 Å². The summed E-state index contributed by atoms with van der Waals surface area (Å²) in [6.45, 7) is 13.1. The molecule has 32 heavy (non-hydrogen) atoms. The average molecular weight is 433 g/mol. The molecule has 1 aliphatic rings. The van der Waals surface area contributed by atoms with Gasteiger partial charge in [-0.3, -0.25) is 4.79 Å². The van der Waals surface area contributed by atoms with Crippen molar-refractivity contribution in [1.82, 2.24) is 9.80 Å². The molecule has 5 heteroatoms. The zero-order valence-electron chi connectivity index (χ0n) is 19.5. The van der Waals surface area contributed by atoms with E-state index in [0.717, 1.165) is 77.3 Å². The lowest BCUT2D eigenvalue weighted by atomic mass is 9.96. The Bertz CT molecular complexity index is 1120. The fraction of sp³-hybridized carbons (Fsp3) is 0.370. The molecule has 0 aliphatic carbocycles. The normalized spacial score (nSPS) is 15.4. The van der Waals surface area contributed by atoms with Gasteiger partial charge in [-0.1, -0.05) is 37.3 Å². The number of nitrogens with zero attached hydrogens (tertiary/aromatic N) is 2. The second-order valence-electron chi connectivity index (χ2n) is 8.29. The molecule has 0 N–H and O–H groups in total. The Morgan fingerprint density at radius 3 is 2.50 bits per heavy atom. The van der Waals surface area contributed by atoms with Crippen molar-refractivity contribution in [2.24, 2.45) is 0 Å². The second kappa shape index (κ2) is 9.61. The third-order valence-corrected chi connectivity index (χ3v) is 6.31. The number of carbonyl (C=O) groups is 1. The maximum atomic E-state index is 13.0. The fourth-order valence-electron chi connectivity index (χ4n) is 4.42. The van der Waals surface area contributed by atoms with Gasteiger partial charge in [-0.25, -0.2) is 0 Å². The molecule has 1 fully saturated rings. The predicted molar refractivity (Wildman–Crippen MR) is 130 cm³/mol. The number of piperazine rings is 1. The number of aryl methyl sites for hydroxylation is 1. The van der Waals surface area contributed by atoms with Crippen molar-refractivity contribution in [3.63, 3.8) is 0 Å². The molecular weight excluding hydrogens is 400 g/mol. The monoisotopic (exact) mass is 432 g/mol. The number of benzene rings is 2. The molecule has 0 unspecified atom stereocenters. The van der Waals surface area contributed by atoms with Crippen LogP contribution in [0.3, 0.4) is 0 Å². The third kappa shape index (κ3) is 4.30. The van der Waals surface area contributed by atoms with Gasteiger partial charge in [0.1, 0.15) is 11.3 Å². The van der Waals surface area contributed by atoms with E-state index in [1.165, 1.54) is 0 Å². The molecule has 1 saturated heterocycles. The molecule has 1 aliphatic heterocycles. The number of amides is 1. The Labute approximate surface area is 190 Å². The lowest BCUT2D eigenvalue weighted by Gasteiger charge is -2.33. The molecule has 1 aromatic heterocycles. The summed E-state index contributed by atoms with van der Waals surface area (Å²) < 4.78 is 12.0. The minimum absolute atomic E-state index is 0.0638. The molecule has 0 radical (unpaired) electrons. The molecular formula is C27H32N2O3. The van der Waals surface area contributed by atoms with Gasteiger partial charge >= 0.3 is 0 Å². The van der Waals surface area contributed by atoms with Gasteiger partial charge in [0.25, 0.3) is 0 Å². The molecule has 2 heterocycles. The van der Waals surface area contributed by atoms with Crippen LogP contribution in [0.1, 0.15) is 31.9 Å². The standard InChI is InChI=1S/C27H32N2O3/c1-5-28-12-14-29(15-13-28)25(30)16-19(3)22-17-23-24(21-10-8-7-9-11-21)18-32-27(23)20(4)26(22)31-6-2/h7-11,16-18H,5-6,12-15H2,1-4H3/b19-16+. The van der Waals surface area contributed by atoms with E-state index in [1.807, 2.05) is 50.1 Å². The minimum atomic E-state index is 0.0638. The number of hydrogen-bond acceptors (Lipinski definition) is 4. The van der Waals surface area contributed by atoms with Crippen LogP contribution in [0.4, 0.5) is 0 Å². The second-order valence-corrected chi connectivity index (χ2v) is 8.29. The van der Waals surface area contributed by atoms with E-state index >= 15 is 0 Å². The number of allylic oxidation sites excluding steroid dienone is 1. The quantitative estimate of drug-likeness (QED) is 0.491. The van der Waals surface area contributed by atoms with Gasteiger partial charge in [-0.15, -0.1) is 0 Å². The maximum absolute atomic E-state index is 13.0. The highest BCUT2D eigenvalue weighted by molar-refractivity contribution is 6.01. The molecule has 0 spiro atoms. The molecule has 1 amide bonds. The summed E-state index contributed by atoms with van der Waals surface area (Å²) in [7, 11) is 0. The van der Waals surface area contributed by atoms with Crippen LogP contribution < -0.4 is 4.74 Å². The third-order valence-electron chi connectivity index (χ3n) is 6.31. The van der Waals surface area contributed by atoms with Gasteiger partial charge in [0.05, 0.1) is 12.9 Å². The Balaban J connectivity index is 1.73. The topological polar surface area (TPSA) is 45.9 Å². The largest absolute Gasteiger partial charge is 0.493 e. The Morgan fingerprint density at radius 1 is 1.12 bits per heavy atom. The van der Waals surface area contributed by atoms with E-state index in [4.69, 9.17) is 9.15 Å². The smallest absolute Gasteiger partial charge is 0.246 e. The van der Waals surface area contributed by atoms with Crippen LogP contribution in [0.15, 0.2) is 53.2 Å².